The van der Waals surface area contributed by atoms with E-state index in [1.54, 1.807) is 36.4 Å². The average molecular weight is 387 g/mol. The Balaban J connectivity index is 1.78. The minimum absolute atomic E-state index is 0.219. The van der Waals surface area contributed by atoms with E-state index in [-0.39, 0.29) is 5.91 Å². The number of amides is 1. The van der Waals surface area contributed by atoms with Gasteiger partial charge in [0.1, 0.15) is 0 Å². The second-order valence-corrected chi connectivity index (χ2v) is 6.97. The lowest BCUT2D eigenvalue weighted by Crippen LogP contribution is -2.19. The van der Waals surface area contributed by atoms with E-state index in [0.29, 0.717) is 26.3 Å². The predicted molar refractivity (Wildman–Crippen MR) is 105 cm³/mol. The van der Waals surface area contributed by atoms with Crippen molar-refractivity contribution in [3.8, 4) is 0 Å². The number of amidine groups is 1. The number of hydrogen-bond donors (Lipinski definition) is 1. The Morgan fingerprint density at radius 3 is 2.62 bits per heavy atom. The Labute approximate surface area is 160 Å². The quantitative estimate of drug-likeness (QED) is 0.629. The third kappa shape index (κ3) is 4.15. The van der Waals surface area contributed by atoms with Crippen molar-refractivity contribution in [1.29, 1.82) is 0 Å². The highest BCUT2D eigenvalue weighted by atomic mass is 35.5. The van der Waals surface area contributed by atoms with Gasteiger partial charge in [-0.3, -0.25) is 4.79 Å². The summed E-state index contributed by atoms with van der Waals surface area (Å²) in [5.41, 5.74) is 2.90. The maximum absolute atomic E-state index is 12.1. The number of aliphatic imine (C=N–C) groups is 1. The number of carbonyl (C=O) groups excluding carboxylic acids is 2. The Kier molecular flexibility index (Phi) is 5.44. The first-order chi connectivity index (χ1) is 12.5. The molecule has 1 fully saturated rings. The number of thioether (sulfide) groups is 1. The summed E-state index contributed by atoms with van der Waals surface area (Å²) in [6, 6.07) is 12.3. The van der Waals surface area contributed by atoms with E-state index < -0.39 is 5.97 Å². The van der Waals surface area contributed by atoms with Crippen molar-refractivity contribution in [3.63, 3.8) is 0 Å². The average Bonchev–Trinajstić information content (AvgIpc) is 2.97. The van der Waals surface area contributed by atoms with Gasteiger partial charge in [0.05, 0.1) is 23.3 Å². The number of rotatable bonds is 3. The number of halogens is 1. The molecule has 7 heteroatoms. The normalized spacial score (nSPS) is 16.8. The molecule has 2 aromatic carbocycles. The van der Waals surface area contributed by atoms with Crippen molar-refractivity contribution in [2.24, 2.45) is 4.99 Å². The molecule has 0 aliphatic carbocycles. The lowest BCUT2D eigenvalue weighted by molar-refractivity contribution is -0.115. The van der Waals surface area contributed by atoms with E-state index in [9.17, 15) is 9.59 Å². The number of nitrogens with one attached hydrogen (secondary N) is 1. The summed E-state index contributed by atoms with van der Waals surface area (Å²) in [5.74, 6) is -0.618. The molecule has 1 aliphatic heterocycles. The molecule has 1 saturated heterocycles. The van der Waals surface area contributed by atoms with Crippen LogP contribution in [0.1, 0.15) is 21.5 Å². The molecule has 26 heavy (non-hydrogen) atoms. The fourth-order valence-corrected chi connectivity index (χ4v) is 3.25. The zero-order chi connectivity index (χ0) is 18.7. The lowest BCUT2D eigenvalue weighted by atomic mass is 10.1. The van der Waals surface area contributed by atoms with Crippen LogP contribution >= 0.6 is 23.4 Å². The van der Waals surface area contributed by atoms with Crippen LogP contribution in [0.15, 0.2) is 52.4 Å². The van der Waals surface area contributed by atoms with Gasteiger partial charge in [-0.15, -0.1) is 0 Å². The third-order valence-electron chi connectivity index (χ3n) is 3.67. The molecule has 132 valence electrons. The number of nitrogens with zero attached hydrogens (tertiary/aromatic N) is 1. The van der Waals surface area contributed by atoms with E-state index >= 15 is 0 Å². The van der Waals surface area contributed by atoms with Gasteiger partial charge in [-0.05, 0) is 60.2 Å². The number of aryl methyl sites for hydroxylation is 1. The molecular formula is C19H15ClN2O3S. The van der Waals surface area contributed by atoms with E-state index in [2.05, 4.69) is 15.0 Å². The van der Waals surface area contributed by atoms with E-state index in [1.807, 2.05) is 19.1 Å². The smallest absolute Gasteiger partial charge is 0.337 e. The fraction of sp³-hybridized carbons (Fsp3) is 0.105. The van der Waals surface area contributed by atoms with E-state index in [1.165, 1.54) is 18.9 Å². The van der Waals surface area contributed by atoms with Crippen LogP contribution in [0.2, 0.25) is 5.02 Å². The highest BCUT2D eigenvalue weighted by Gasteiger charge is 2.23. The van der Waals surface area contributed by atoms with Gasteiger partial charge in [0, 0.05) is 5.02 Å². The zero-order valence-corrected chi connectivity index (χ0v) is 15.6. The molecule has 5 nitrogen and oxygen atoms in total. The first-order valence-corrected chi connectivity index (χ1v) is 8.90. The van der Waals surface area contributed by atoms with Gasteiger partial charge >= 0.3 is 5.97 Å². The molecule has 0 unspecified atom stereocenters. The van der Waals surface area contributed by atoms with Crippen LogP contribution in [-0.4, -0.2) is 24.2 Å². The summed E-state index contributed by atoms with van der Waals surface area (Å²) in [5, 5.41) is 3.85. The molecule has 1 heterocycles. The maximum atomic E-state index is 12.1. The Hall–Kier alpha value is -2.57. The predicted octanol–water partition coefficient (Wildman–Crippen LogP) is 4.33. The largest absolute Gasteiger partial charge is 0.465 e. The molecule has 0 spiro atoms. The van der Waals surface area contributed by atoms with Gasteiger partial charge in [-0.2, -0.15) is 0 Å². The highest BCUT2D eigenvalue weighted by Crippen LogP contribution is 2.29. The summed E-state index contributed by atoms with van der Waals surface area (Å²) < 4.78 is 4.67. The summed E-state index contributed by atoms with van der Waals surface area (Å²) in [6.07, 6.45) is 1.74. The number of benzene rings is 2. The number of methoxy groups -OCH3 is 1. The van der Waals surface area contributed by atoms with Crippen LogP contribution in [0.4, 0.5) is 5.69 Å². The summed E-state index contributed by atoms with van der Waals surface area (Å²) >= 11 is 7.35. The van der Waals surface area contributed by atoms with Crippen molar-refractivity contribution in [1.82, 2.24) is 5.32 Å². The van der Waals surface area contributed by atoms with Crippen LogP contribution in [0.3, 0.4) is 0 Å². The third-order valence-corrected chi connectivity index (χ3v) is 4.98. The second-order valence-electron chi connectivity index (χ2n) is 5.53. The standard InChI is InChI=1S/C19H15ClN2O3S/c1-11-3-8-14(10-15(11)20)21-19-22-17(23)16(26-19)9-12-4-6-13(7-5-12)18(24)25-2/h3-10H,1-2H3,(H,21,22,23)/b16-9-. The number of ether oxygens (including phenoxy) is 1. The van der Waals surface area contributed by atoms with Crippen LogP contribution in [-0.2, 0) is 9.53 Å². The van der Waals surface area contributed by atoms with E-state index in [0.717, 1.165) is 11.1 Å². The van der Waals surface area contributed by atoms with Crippen LogP contribution in [0, 0.1) is 6.92 Å². The molecule has 0 aromatic heterocycles. The van der Waals surface area contributed by atoms with Crippen LogP contribution in [0.5, 0.6) is 0 Å². The van der Waals surface area contributed by atoms with Gasteiger partial charge < -0.3 is 10.1 Å². The van der Waals surface area contributed by atoms with Crippen LogP contribution < -0.4 is 5.32 Å². The molecule has 1 amide bonds. The molecule has 2 aromatic rings. The molecule has 3 rings (SSSR count). The maximum Gasteiger partial charge on any atom is 0.337 e. The van der Waals surface area contributed by atoms with Crippen molar-refractivity contribution >= 4 is 52.2 Å². The Morgan fingerprint density at radius 1 is 1.23 bits per heavy atom. The van der Waals surface area contributed by atoms with Crippen LogP contribution in [0.25, 0.3) is 6.08 Å². The van der Waals surface area contributed by atoms with Gasteiger partial charge in [-0.25, -0.2) is 9.79 Å². The Bertz CT molecular complexity index is 936. The fourth-order valence-electron chi connectivity index (χ4n) is 2.23. The Morgan fingerprint density at radius 2 is 1.96 bits per heavy atom. The van der Waals surface area contributed by atoms with Gasteiger partial charge in [0.25, 0.3) is 5.91 Å². The van der Waals surface area contributed by atoms with E-state index in [4.69, 9.17) is 11.6 Å². The summed E-state index contributed by atoms with van der Waals surface area (Å²) in [4.78, 5) is 28.5. The minimum Gasteiger partial charge on any atom is -0.465 e. The number of hydrogen-bond acceptors (Lipinski definition) is 5. The molecule has 0 radical (unpaired) electrons. The summed E-state index contributed by atoms with van der Waals surface area (Å²) in [6.45, 7) is 1.91. The van der Waals surface area contributed by atoms with Crippen molar-refractivity contribution in [3.05, 3.63) is 69.1 Å². The first-order valence-electron chi connectivity index (χ1n) is 7.70. The molecule has 1 aliphatic rings. The van der Waals surface area contributed by atoms with Crippen molar-refractivity contribution < 1.29 is 14.3 Å². The SMILES string of the molecule is COC(=O)c1ccc(/C=C2\SC(=Nc3ccc(C)c(Cl)c3)NC2=O)cc1. The topological polar surface area (TPSA) is 67.8 Å². The minimum atomic E-state index is -0.400. The number of carbonyl (C=O) groups is 2. The monoisotopic (exact) mass is 386 g/mol. The van der Waals surface area contributed by atoms with Gasteiger partial charge in [0.15, 0.2) is 5.17 Å². The van der Waals surface area contributed by atoms with Gasteiger partial charge in [0.2, 0.25) is 0 Å². The molecule has 1 N–H and O–H groups in total. The molecule has 0 bridgehead atoms. The highest BCUT2D eigenvalue weighted by molar-refractivity contribution is 8.18. The summed E-state index contributed by atoms with van der Waals surface area (Å²) in [7, 11) is 1.33. The lowest BCUT2D eigenvalue weighted by Gasteiger charge is -2.00. The zero-order valence-electron chi connectivity index (χ0n) is 14.1. The molecular weight excluding hydrogens is 372 g/mol. The first kappa shape index (κ1) is 18.2. The number of esters is 1. The van der Waals surface area contributed by atoms with Gasteiger partial charge in [-0.1, -0.05) is 29.8 Å². The second kappa shape index (κ2) is 7.76. The van der Waals surface area contributed by atoms with Crippen molar-refractivity contribution in [2.45, 2.75) is 6.92 Å². The molecule has 0 atom stereocenters. The van der Waals surface area contributed by atoms with Crippen molar-refractivity contribution in [2.75, 3.05) is 7.11 Å². The molecule has 0 saturated carbocycles.